The van der Waals surface area contributed by atoms with Crippen LogP contribution < -0.4 is 5.73 Å². The van der Waals surface area contributed by atoms with Crippen LogP contribution in [0.25, 0.3) is 5.70 Å². The first-order chi connectivity index (χ1) is 13.1. The number of pyridine rings is 1. The number of rotatable bonds is 6. The van der Waals surface area contributed by atoms with Crippen molar-refractivity contribution in [3.05, 3.63) is 45.4 Å². The lowest BCUT2D eigenvalue weighted by atomic mass is 10.0. The highest BCUT2D eigenvalue weighted by molar-refractivity contribution is 7.71. The fraction of sp³-hybridized carbons (Fsp3) is 0.429. The number of hydrogen-bond acceptors (Lipinski definition) is 5. The molecule has 0 amide bonds. The Kier molecular flexibility index (Phi) is 13.5. The Morgan fingerprint density at radius 1 is 1.41 bits per heavy atom. The molecule has 1 aliphatic rings. The van der Waals surface area contributed by atoms with E-state index >= 15 is 0 Å². The van der Waals surface area contributed by atoms with Gasteiger partial charge in [0.1, 0.15) is 17.5 Å². The summed E-state index contributed by atoms with van der Waals surface area (Å²) in [6.07, 6.45) is 13.0. The van der Waals surface area contributed by atoms with Crippen LogP contribution in [0.1, 0.15) is 49.6 Å². The number of H-pyrrole nitrogens is 1. The summed E-state index contributed by atoms with van der Waals surface area (Å²) in [5, 5.41) is 0. The number of ether oxygens (including phenoxy) is 2. The van der Waals surface area contributed by atoms with Crippen molar-refractivity contribution in [3.8, 4) is 12.3 Å². The van der Waals surface area contributed by atoms with Crippen molar-refractivity contribution < 1.29 is 14.3 Å². The van der Waals surface area contributed by atoms with Gasteiger partial charge in [-0.25, -0.2) is 0 Å². The van der Waals surface area contributed by atoms with Gasteiger partial charge in [0.2, 0.25) is 0 Å². The molecule has 1 aliphatic carbocycles. The van der Waals surface area contributed by atoms with Crippen molar-refractivity contribution in [3.63, 3.8) is 0 Å². The number of hydrogen-bond donors (Lipinski definition) is 2. The molecule has 3 N–H and O–H groups in total. The van der Waals surface area contributed by atoms with Crippen molar-refractivity contribution in [2.75, 3.05) is 13.7 Å². The molecule has 0 fully saturated rings. The van der Waals surface area contributed by atoms with E-state index in [9.17, 15) is 4.79 Å². The summed E-state index contributed by atoms with van der Waals surface area (Å²) < 4.78 is 10.5. The number of fused-ring (bicyclic) bond motifs is 1. The fourth-order valence-corrected chi connectivity index (χ4v) is 2.91. The maximum absolute atomic E-state index is 10.7. The maximum Gasteiger partial charge on any atom is 0.144 e. The molecule has 0 unspecified atom stereocenters. The van der Waals surface area contributed by atoms with Crippen LogP contribution in [0.15, 0.2) is 18.4 Å². The lowest BCUT2D eigenvalue weighted by Crippen LogP contribution is -2.09. The van der Waals surface area contributed by atoms with Crippen LogP contribution in [0.4, 0.5) is 0 Å². The van der Waals surface area contributed by atoms with Gasteiger partial charge in [0, 0.05) is 48.4 Å². The predicted molar refractivity (Wildman–Crippen MR) is 114 cm³/mol. The predicted octanol–water partition coefficient (Wildman–Crippen LogP) is 4.07. The Balaban J connectivity index is 0.000000998. The number of terminal acetylenes is 1. The van der Waals surface area contributed by atoms with Gasteiger partial charge in [-0.1, -0.05) is 32.0 Å². The molecule has 0 aliphatic heterocycles. The number of aromatic amines is 1. The highest BCUT2D eigenvalue weighted by Crippen LogP contribution is 2.29. The SMILES string of the molecule is C#C/C=C\OCc1c2c([nH]c(=S)c1/C(N)=C/C=O)CCC2.CC.CCOC. The van der Waals surface area contributed by atoms with Gasteiger partial charge >= 0.3 is 0 Å². The summed E-state index contributed by atoms with van der Waals surface area (Å²) in [4.78, 5) is 13.9. The number of aldehydes is 1. The molecule has 27 heavy (non-hydrogen) atoms. The Morgan fingerprint density at radius 3 is 2.63 bits per heavy atom. The Morgan fingerprint density at radius 2 is 2.07 bits per heavy atom. The number of methoxy groups -OCH3 is 1. The molecule has 1 heterocycles. The third-order valence-corrected chi connectivity index (χ3v) is 3.99. The third-order valence-electron chi connectivity index (χ3n) is 3.69. The zero-order valence-electron chi connectivity index (χ0n) is 16.6. The van der Waals surface area contributed by atoms with E-state index in [-0.39, 0.29) is 0 Å². The van der Waals surface area contributed by atoms with Crippen LogP contribution in [0.5, 0.6) is 0 Å². The van der Waals surface area contributed by atoms with Crippen LogP contribution in [0, 0.1) is 17.0 Å². The van der Waals surface area contributed by atoms with E-state index in [4.69, 9.17) is 29.1 Å². The third kappa shape index (κ3) is 7.81. The summed E-state index contributed by atoms with van der Waals surface area (Å²) >= 11 is 5.37. The molecule has 0 bridgehead atoms. The zero-order chi connectivity index (χ0) is 20.7. The molecule has 5 nitrogen and oxygen atoms in total. The number of carbonyl (C=O) groups excluding carboxylic acids is 1. The highest BCUT2D eigenvalue weighted by Gasteiger charge is 2.21. The molecule has 0 radical (unpaired) electrons. The molecule has 0 saturated carbocycles. The van der Waals surface area contributed by atoms with Gasteiger partial charge < -0.3 is 20.2 Å². The van der Waals surface area contributed by atoms with Gasteiger partial charge in [-0.05, 0) is 31.7 Å². The Labute approximate surface area is 167 Å². The molecule has 1 aromatic heterocycles. The molecule has 0 spiro atoms. The maximum atomic E-state index is 10.7. The van der Waals surface area contributed by atoms with E-state index < -0.39 is 0 Å². The molecule has 6 heteroatoms. The van der Waals surface area contributed by atoms with Gasteiger partial charge in [-0.3, -0.25) is 4.79 Å². The second-order valence-electron chi connectivity index (χ2n) is 5.23. The van der Waals surface area contributed by atoms with E-state index in [1.807, 2.05) is 20.8 Å². The van der Waals surface area contributed by atoms with E-state index in [0.29, 0.717) is 28.8 Å². The van der Waals surface area contributed by atoms with Crippen molar-refractivity contribution in [2.24, 2.45) is 5.73 Å². The number of nitrogens with two attached hydrogens (primary N) is 1. The fourth-order valence-electron chi connectivity index (χ4n) is 2.54. The summed E-state index contributed by atoms with van der Waals surface area (Å²) in [5.41, 5.74) is 10.2. The number of carbonyl (C=O) groups is 1. The van der Waals surface area contributed by atoms with Crippen LogP contribution >= 0.6 is 12.2 Å². The minimum Gasteiger partial charge on any atom is -0.496 e. The first-order valence-electron chi connectivity index (χ1n) is 9.00. The molecular formula is C21H30N2O3S. The zero-order valence-corrected chi connectivity index (χ0v) is 17.4. The van der Waals surface area contributed by atoms with Crippen molar-refractivity contribution in [2.45, 2.75) is 46.6 Å². The van der Waals surface area contributed by atoms with Crippen LogP contribution in [-0.2, 0) is 33.7 Å². The minimum atomic E-state index is 0.321. The molecule has 0 aromatic carbocycles. The molecule has 2 rings (SSSR count). The second kappa shape index (κ2) is 14.8. The molecular weight excluding hydrogens is 360 g/mol. The van der Waals surface area contributed by atoms with Crippen LogP contribution in [0.3, 0.4) is 0 Å². The van der Waals surface area contributed by atoms with Crippen molar-refractivity contribution >= 4 is 24.2 Å². The van der Waals surface area contributed by atoms with Crippen molar-refractivity contribution in [1.29, 1.82) is 0 Å². The second-order valence-corrected chi connectivity index (χ2v) is 5.64. The van der Waals surface area contributed by atoms with E-state index in [1.54, 1.807) is 7.11 Å². The van der Waals surface area contributed by atoms with Crippen molar-refractivity contribution in [1.82, 2.24) is 4.98 Å². The number of nitrogens with one attached hydrogen (secondary N) is 1. The number of allylic oxidation sites excluding steroid dienone is 2. The van der Waals surface area contributed by atoms with Gasteiger partial charge in [-0.15, -0.1) is 6.42 Å². The molecule has 1 aromatic rings. The summed E-state index contributed by atoms with van der Waals surface area (Å²) in [5.74, 6) is 2.36. The van der Waals surface area contributed by atoms with Gasteiger partial charge in [-0.2, -0.15) is 0 Å². The van der Waals surface area contributed by atoms with Gasteiger partial charge in [0.15, 0.2) is 0 Å². The lowest BCUT2D eigenvalue weighted by molar-refractivity contribution is -0.104. The van der Waals surface area contributed by atoms with Gasteiger partial charge in [0.05, 0.1) is 6.26 Å². The summed E-state index contributed by atoms with van der Waals surface area (Å²) in [7, 11) is 1.68. The topological polar surface area (TPSA) is 77.3 Å². The summed E-state index contributed by atoms with van der Waals surface area (Å²) in [6.45, 7) is 7.10. The van der Waals surface area contributed by atoms with Crippen LogP contribution in [-0.4, -0.2) is 25.0 Å². The first-order valence-corrected chi connectivity index (χ1v) is 9.41. The largest absolute Gasteiger partial charge is 0.496 e. The lowest BCUT2D eigenvalue weighted by Gasteiger charge is -2.15. The Bertz CT molecular complexity index is 741. The normalized spacial score (nSPS) is 12.2. The molecule has 0 saturated heterocycles. The average Bonchev–Trinajstić information content (AvgIpc) is 3.15. The quantitative estimate of drug-likeness (QED) is 0.252. The molecule has 0 atom stereocenters. The number of aryl methyl sites for hydroxylation is 1. The minimum absolute atomic E-state index is 0.321. The summed E-state index contributed by atoms with van der Waals surface area (Å²) in [6, 6.07) is 0. The standard InChI is InChI=1S/C16H16N2O2S.C3H8O.C2H6/c1-2-3-9-20-10-12-11-5-4-6-14(11)18-16(21)15(12)13(17)7-8-19;1-3-4-2;1-2/h1,3,7-9H,4-6,10,17H2,(H,18,21);3H2,1-2H3;1-2H3/b9-3-,13-7-;;. The highest BCUT2D eigenvalue weighted by atomic mass is 32.1. The first kappa shape index (κ1) is 24.6. The smallest absolute Gasteiger partial charge is 0.144 e. The Hall–Kier alpha value is -2.36. The average molecular weight is 391 g/mol. The number of aromatic nitrogens is 1. The van der Waals surface area contributed by atoms with Crippen LogP contribution in [0.2, 0.25) is 0 Å². The molecule has 148 valence electrons. The van der Waals surface area contributed by atoms with E-state index in [1.165, 1.54) is 24.0 Å². The van der Waals surface area contributed by atoms with E-state index in [2.05, 4.69) is 15.6 Å². The van der Waals surface area contributed by atoms with Gasteiger partial charge in [0.25, 0.3) is 0 Å². The monoisotopic (exact) mass is 390 g/mol. The van der Waals surface area contributed by atoms with E-state index in [0.717, 1.165) is 37.1 Å².